The highest BCUT2D eigenvalue weighted by Crippen LogP contribution is 2.09. The molecule has 1 aliphatic heterocycles. The van der Waals surface area contributed by atoms with Gasteiger partial charge in [0.15, 0.2) is 0 Å². The molecule has 0 saturated heterocycles. The summed E-state index contributed by atoms with van der Waals surface area (Å²) < 4.78 is 0. The molecule has 0 saturated carbocycles. The number of hydrogen-bond donors (Lipinski definition) is 2. The number of nitrogens with zero attached hydrogens (tertiary/aromatic N) is 1. The molecule has 0 atom stereocenters. The molecule has 0 aromatic rings. The number of allylic oxidation sites excluding steroid dienone is 6. The van der Waals surface area contributed by atoms with E-state index >= 15 is 0 Å². The minimum absolute atomic E-state index is 0.990. The topological polar surface area (TPSA) is 27.3 Å². The summed E-state index contributed by atoms with van der Waals surface area (Å²) in [7, 11) is 0. The van der Waals surface area contributed by atoms with E-state index in [1.807, 2.05) is 36.4 Å². The zero-order chi connectivity index (χ0) is 10.4. The van der Waals surface area contributed by atoms with Crippen molar-refractivity contribution in [3.8, 4) is 0 Å². The van der Waals surface area contributed by atoms with Crippen LogP contribution < -0.4 is 11.0 Å². The van der Waals surface area contributed by atoms with Gasteiger partial charge in [-0.05, 0) is 19.1 Å². The molecule has 0 aliphatic carbocycles. The number of hydrazine groups is 2. The molecule has 0 bridgehead atoms. The number of hydrogen-bond acceptors (Lipinski definition) is 3. The van der Waals surface area contributed by atoms with Gasteiger partial charge in [0.25, 0.3) is 0 Å². The Bertz CT molecular complexity index is 310. The van der Waals surface area contributed by atoms with Gasteiger partial charge >= 0.3 is 0 Å². The average Bonchev–Trinajstić information content (AvgIpc) is 2.59. The summed E-state index contributed by atoms with van der Waals surface area (Å²) in [6.45, 7) is 9.27. The molecule has 1 aliphatic rings. The Hall–Kier alpha value is -1.74. The van der Waals surface area contributed by atoms with Crippen LogP contribution in [0.2, 0.25) is 0 Å². The van der Waals surface area contributed by atoms with E-state index in [1.165, 1.54) is 0 Å². The van der Waals surface area contributed by atoms with E-state index < -0.39 is 0 Å². The van der Waals surface area contributed by atoms with Gasteiger partial charge in [0.1, 0.15) is 0 Å². The summed E-state index contributed by atoms with van der Waals surface area (Å²) in [5.74, 6) is 0. The Kier molecular flexibility index (Phi) is 3.76. The van der Waals surface area contributed by atoms with Crippen LogP contribution in [0.15, 0.2) is 61.1 Å². The Labute approximate surface area is 84.7 Å². The highest BCUT2D eigenvalue weighted by Gasteiger charge is 2.08. The van der Waals surface area contributed by atoms with E-state index in [0.717, 1.165) is 11.4 Å². The second kappa shape index (κ2) is 5.09. The van der Waals surface area contributed by atoms with Crippen molar-refractivity contribution in [3.05, 3.63) is 61.1 Å². The zero-order valence-corrected chi connectivity index (χ0v) is 8.33. The smallest absolute Gasteiger partial charge is 0.0589 e. The van der Waals surface area contributed by atoms with Gasteiger partial charge in [-0.1, -0.05) is 31.4 Å². The molecule has 0 fully saturated rings. The van der Waals surface area contributed by atoms with Gasteiger partial charge in [-0.2, -0.15) is 0 Å². The lowest BCUT2D eigenvalue weighted by molar-refractivity contribution is 0.345. The second-order valence-corrected chi connectivity index (χ2v) is 2.84. The summed E-state index contributed by atoms with van der Waals surface area (Å²) in [5.41, 5.74) is 8.03. The van der Waals surface area contributed by atoms with Crippen LogP contribution in [0.25, 0.3) is 0 Å². The Morgan fingerprint density at radius 2 is 2.21 bits per heavy atom. The lowest BCUT2D eigenvalue weighted by atomic mass is 10.3. The summed E-state index contributed by atoms with van der Waals surface area (Å²) in [6, 6.07) is 0. The summed E-state index contributed by atoms with van der Waals surface area (Å²) >= 11 is 0. The van der Waals surface area contributed by atoms with Crippen LogP contribution in [-0.4, -0.2) is 5.01 Å². The van der Waals surface area contributed by atoms with E-state index in [-0.39, 0.29) is 0 Å². The van der Waals surface area contributed by atoms with Crippen molar-refractivity contribution >= 4 is 0 Å². The molecule has 0 amide bonds. The molecule has 3 nitrogen and oxygen atoms in total. The molecule has 0 radical (unpaired) electrons. The molecular formula is C11H15N3. The van der Waals surface area contributed by atoms with Crippen molar-refractivity contribution in [2.75, 3.05) is 0 Å². The van der Waals surface area contributed by atoms with Crippen molar-refractivity contribution < 1.29 is 0 Å². The minimum atomic E-state index is 0.990. The molecule has 0 unspecified atom stereocenters. The monoisotopic (exact) mass is 189 g/mol. The van der Waals surface area contributed by atoms with Crippen molar-refractivity contribution in [2.24, 2.45) is 0 Å². The summed E-state index contributed by atoms with van der Waals surface area (Å²) in [6.07, 6.45) is 11.2. The van der Waals surface area contributed by atoms with Crippen molar-refractivity contribution in [2.45, 2.75) is 6.92 Å². The van der Waals surface area contributed by atoms with E-state index in [0.29, 0.717) is 0 Å². The van der Waals surface area contributed by atoms with Crippen LogP contribution in [0.4, 0.5) is 0 Å². The normalized spacial score (nSPS) is 16.8. The lowest BCUT2D eigenvalue weighted by Crippen LogP contribution is -2.35. The van der Waals surface area contributed by atoms with Gasteiger partial charge in [-0.25, -0.2) is 0 Å². The van der Waals surface area contributed by atoms with Gasteiger partial charge in [-0.15, -0.1) is 5.53 Å². The molecule has 14 heavy (non-hydrogen) atoms. The fraction of sp³-hybridized carbons (Fsp3) is 0.0909. The fourth-order valence-electron chi connectivity index (χ4n) is 1.05. The van der Waals surface area contributed by atoms with E-state index in [2.05, 4.69) is 24.1 Å². The van der Waals surface area contributed by atoms with Crippen molar-refractivity contribution in [1.29, 1.82) is 0 Å². The number of rotatable bonds is 4. The van der Waals surface area contributed by atoms with Gasteiger partial charge in [0.2, 0.25) is 0 Å². The Balaban J connectivity index is 2.78. The predicted molar refractivity (Wildman–Crippen MR) is 59.5 cm³/mol. The zero-order valence-electron chi connectivity index (χ0n) is 8.33. The van der Waals surface area contributed by atoms with Gasteiger partial charge < -0.3 is 5.43 Å². The predicted octanol–water partition coefficient (Wildman–Crippen LogP) is 1.98. The minimum Gasteiger partial charge on any atom is -0.306 e. The van der Waals surface area contributed by atoms with Crippen LogP contribution in [0.3, 0.4) is 0 Å². The van der Waals surface area contributed by atoms with Crippen LogP contribution >= 0.6 is 0 Å². The van der Waals surface area contributed by atoms with Gasteiger partial charge in [0, 0.05) is 11.9 Å². The van der Waals surface area contributed by atoms with Crippen molar-refractivity contribution in [1.82, 2.24) is 16.0 Å². The van der Waals surface area contributed by atoms with Crippen LogP contribution in [0.5, 0.6) is 0 Å². The molecular weight excluding hydrogens is 174 g/mol. The lowest BCUT2D eigenvalue weighted by Gasteiger charge is -2.15. The molecule has 74 valence electrons. The third-order valence-corrected chi connectivity index (χ3v) is 1.67. The standard InChI is InChI=1S/C11H15N3/c1-4-6-8-11(7-5-2)14-9-10(3)12-13-14/h4-9,12-13H,1-2H2,3H3/b8-6-,11-7+. The van der Waals surface area contributed by atoms with Crippen molar-refractivity contribution in [3.63, 3.8) is 0 Å². The number of nitrogens with one attached hydrogen (secondary N) is 2. The first kappa shape index (κ1) is 10.3. The molecule has 3 heteroatoms. The van der Waals surface area contributed by atoms with Crippen LogP contribution in [-0.2, 0) is 0 Å². The quantitative estimate of drug-likeness (QED) is 0.662. The highest BCUT2D eigenvalue weighted by molar-refractivity contribution is 5.26. The third kappa shape index (κ3) is 2.64. The maximum atomic E-state index is 3.67. The maximum Gasteiger partial charge on any atom is 0.0589 e. The molecule has 1 rings (SSSR count). The highest BCUT2D eigenvalue weighted by atomic mass is 15.7. The molecule has 1 heterocycles. The third-order valence-electron chi connectivity index (χ3n) is 1.67. The molecule has 0 aromatic carbocycles. The first-order chi connectivity index (χ1) is 6.77. The SMILES string of the molecule is C=C/C=C\C(=C/C=C)N1C=C(C)NN1. The first-order valence-corrected chi connectivity index (χ1v) is 4.39. The Morgan fingerprint density at radius 1 is 1.43 bits per heavy atom. The van der Waals surface area contributed by atoms with E-state index in [1.54, 1.807) is 12.2 Å². The molecule has 2 N–H and O–H groups in total. The van der Waals surface area contributed by atoms with E-state index in [4.69, 9.17) is 0 Å². The van der Waals surface area contributed by atoms with Crippen LogP contribution in [0, 0.1) is 0 Å². The van der Waals surface area contributed by atoms with Crippen LogP contribution in [0.1, 0.15) is 6.92 Å². The summed E-state index contributed by atoms with van der Waals surface area (Å²) in [5, 5.41) is 1.87. The van der Waals surface area contributed by atoms with E-state index in [9.17, 15) is 0 Å². The Morgan fingerprint density at radius 3 is 2.71 bits per heavy atom. The first-order valence-electron chi connectivity index (χ1n) is 4.39. The maximum absolute atomic E-state index is 3.67. The fourth-order valence-corrected chi connectivity index (χ4v) is 1.05. The van der Waals surface area contributed by atoms with Gasteiger partial charge in [0.05, 0.1) is 5.70 Å². The second-order valence-electron chi connectivity index (χ2n) is 2.84. The largest absolute Gasteiger partial charge is 0.306 e. The molecule has 0 aromatic heterocycles. The molecule has 0 spiro atoms. The average molecular weight is 189 g/mol. The van der Waals surface area contributed by atoms with Gasteiger partial charge in [-0.3, -0.25) is 5.01 Å². The summed E-state index contributed by atoms with van der Waals surface area (Å²) in [4.78, 5) is 0.